The molecule has 0 saturated heterocycles. The SMILES string of the molecule is O=C(O)CNc1nc(Nc2ccccc2F)cc(-c2ccccn2)n1. The van der Waals surface area contributed by atoms with E-state index in [9.17, 15) is 9.18 Å². The Hall–Kier alpha value is -3.55. The Morgan fingerprint density at radius 3 is 2.60 bits per heavy atom. The van der Waals surface area contributed by atoms with Gasteiger partial charge in [0, 0.05) is 12.3 Å². The van der Waals surface area contributed by atoms with E-state index in [4.69, 9.17) is 5.11 Å². The molecule has 126 valence electrons. The standard InChI is InChI=1S/C17H14FN5O2/c18-11-5-1-2-6-12(11)21-15-9-14(13-7-3-4-8-19-13)22-17(23-15)20-10-16(24)25/h1-9H,10H2,(H,24,25)(H2,20,21,22,23). The maximum absolute atomic E-state index is 13.8. The Morgan fingerprint density at radius 2 is 1.88 bits per heavy atom. The van der Waals surface area contributed by atoms with Gasteiger partial charge in [-0.1, -0.05) is 18.2 Å². The van der Waals surface area contributed by atoms with Crippen molar-refractivity contribution in [2.75, 3.05) is 17.2 Å². The molecule has 0 saturated carbocycles. The fourth-order valence-electron chi connectivity index (χ4n) is 2.09. The van der Waals surface area contributed by atoms with Crippen molar-refractivity contribution in [3.63, 3.8) is 0 Å². The van der Waals surface area contributed by atoms with Crippen LogP contribution in [-0.4, -0.2) is 32.6 Å². The molecular weight excluding hydrogens is 325 g/mol. The van der Waals surface area contributed by atoms with E-state index in [0.29, 0.717) is 17.2 Å². The minimum Gasteiger partial charge on any atom is -0.480 e. The van der Waals surface area contributed by atoms with E-state index in [1.54, 1.807) is 48.7 Å². The monoisotopic (exact) mass is 339 g/mol. The Balaban J connectivity index is 1.97. The second-order valence-corrected chi connectivity index (χ2v) is 5.03. The Kier molecular flexibility index (Phi) is 4.79. The van der Waals surface area contributed by atoms with Gasteiger partial charge in [-0.25, -0.2) is 9.37 Å². The lowest BCUT2D eigenvalue weighted by Crippen LogP contribution is -2.15. The van der Waals surface area contributed by atoms with Crippen molar-refractivity contribution in [1.82, 2.24) is 15.0 Å². The van der Waals surface area contributed by atoms with Crippen LogP contribution in [0.15, 0.2) is 54.7 Å². The molecular formula is C17H14FN5O2. The third-order valence-corrected chi connectivity index (χ3v) is 3.19. The molecule has 0 radical (unpaired) electrons. The van der Waals surface area contributed by atoms with E-state index in [1.807, 2.05) is 0 Å². The number of benzene rings is 1. The molecule has 2 aromatic heterocycles. The van der Waals surface area contributed by atoms with Gasteiger partial charge in [0.25, 0.3) is 0 Å². The third-order valence-electron chi connectivity index (χ3n) is 3.19. The van der Waals surface area contributed by atoms with Crippen molar-refractivity contribution in [1.29, 1.82) is 0 Å². The molecule has 3 rings (SSSR count). The van der Waals surface area contributed by atoms with Crippen LogP contribution in [0.5, 0.6) is 0 Å². The molecule has 3 N–H and O–H groups in total. The number of nitrogens with zero attached hydrogens (tertiary/aromatic N) is 3. The number of aromatic nitrogens is 3. The molecule has 2 heterocycles. The summed E-state index contributed by atoms with van der Waals surface area (Å²) < 4.78 is 13.8. The van der Waals surface area contributed by atoms with Crippen molar-refractivity contribution in [3.05, 3.63) is 60.5 Å². The van der Waals surface area contributed by atoms with Crippen LogP contribution in [0.3, 0.4) is 0 Å². The molecule has 0 fully saturated rings. The number of carboxylic acid groups (broad SMARTS) is 1. The fourth-order valence-corrected chi connectivity index (χ4v) is 2.09. The summed E-state index contributed by atoms with van der Waals surface area (Å²) in [5.74, 6) is -1.06. The summed E-state index contributed by atoms with van der Waals surface area (Å²) in [6.07, 6.45) is 1.62. The number of carbonyl (C=O) groups is 1. The Bertz CT molecular complexity index is 889. The minimum absolute atomic E-state index is 0.101. The van der Waals surface area contributed by atoms with Crippen LogP contribution in [0.25, 0.3) is 11.4 Å². The third kappa shape index (κ3) is 4.25. The molecule has 0 atom stereocenters. The smallest absolute Gasteiger partial charge is 0.322 e. The minimum atomic E-state index is -1.05. The fraction of sp³-hybridized carbons (Fsp3) is 0.0588. The molecule has 3 aromatic rings. The second kappa shape index (κ2) is 7.35. The van der Waals surface area contributed by atoms with E-state index in [1.165, 1.54) is 6.07 Å². The molecule has 0 bridgehead atoms. The summed E-state index contributed by atoms with van der Waals surface area (Å²) in [4.78, 5) is 23.4. The van der Waals surface area contributed by atoms with Crippen LogP contribution in [0, 0.1) is 5.82 Å². The lowest BCUT2D eigenvalue weighted by atomic mass is 10.2. The van der Waals surface area contributed by atoms with Crippen LogP contribution in [0.4, 0.5) is 21.8 Å². The van der Waals surface area contributed by atoms with Gasteiger partial charge in [-0.2, -0.15) is 4.98 Å². The largest absolute Gasteiger partial charge is 0.480 e. The van der Waals surface area contributed by atoms with Crippen molar-refractivity contribution in [2.45, 2.75) is 0 Å². The highest BCUT2D eigenvalue weighted by molar-refractivity contribution is 5.72. The van der Waals surface area contributed by atoms with Crippen LogP contribution in [-0.2, 0) is 4.79 Å². The van der Waals surface area contributed by atoms with Crippen molar-refractivity contribution < 1.29 is 14.3 Å². The van der Waals surface area contributed by atoms with E-state index in [2.05, 4.69) is 25.6 Å². The van der Waals surface area contributed by atoms with E-state index < -0.39 is 11.8 Å². The van der Waals surface area contributed by atoms with Crippen LogP contribution < -0.4 is 10.6 Å². The number of halogens is 1. The number of pyridine rings is 1. The molecule has 0 aliphatic carbocycles. The van der Waals surface area contributed by atoms with Crippen molar-refractivity contribution >= 4 is 23.4 Å². The number of hydrogen-bond acceptors (Lipinski definition) is 6. The number of anilines is 3. The van der Waals surface area contributed by atoms with Gasteiger partial charge < -0.3 is 15.7 Å². The normalized spacial score (nSPS) is 10.3. The van der Waals surface area contributed by atoms with Crippen LogP contribution in [0.1, 0.15) is 0 Å². The van der Waals surface area contributed by atoms with E-state index >= 15 is 0 Å². The first-order valence-electron chi connectivity index (χ1n) is 7.39. The summed E-state index contributed by atoms with van der Waals surface area (Å²) in [5.41, 5.74) is 1.31. The van der Waals surface area contributed by atoms with Crippen molar-refractivity contribution in [3.8, 4) is 11.4 Å². The highest BCUT2D eigenvalue weighted by Gasteiger charge is 2.10. The molecule has 1 aromatic carbocycles. The summed E-state index contributed by atoms with van der Waals surface area (Å²) in [6.45, 7) is -0.342. The van der Waals surface area contributed by atoms with Crippen molar-refractivity contribution in [2.24, 2.45) is 0 Å². The molecule has 0 aliphatic rings. The highest BCUT2D eigenvalue weighted by Crippen LogP contribution is 2.23. The molecule has 0 unspecified atom stereocenters. The number of nitrogens with one attached hydrogen (secondary N) is 2. The zero-order valence-electron chi connectivity index (χ0n) is 13.0. The van der Waals surface area contributed by atoms with E-state index in [-0.39, 0.29) is 18.2 Å². The molecule has 0 spiro atoms. The average Bonchev–Trinajstić information content (AvgIpc) is 2.62. The Morgan fingerprint density at radius 1 is 1.08 bits per heavy atom. The van der Waals surface area contributed by atoms with E-state index in [0.717, 1.165) is 0 Å². The topological polar surface area (TPSA) is 100 Å². The molecule has 0 aliphatic heterocycles. The molecule has 25 heavy (non-hydrogen) atoms. The number of aliphatic carboxylic acids is 1. The second-order valence-electron chi connectivity index (χ2n) is 5.03. The van der Waals surface area contributed by atoms with Gasteiger partial charge in [-0.15, -0.1) is 0 Å². The van der Waals surface area contributed by atoms with Crippen LogP contribution in [0.2, 0.25) is 0 Å². The number of para-hydroxylation sites is 1. The van der Waals surface area contributed by atoms with Crippen LogP contribution >= 0.6 is 0 Å². The molecule has 8 heteroatoms. The number of carboxylic acids is 1. The number of hydrogen-bond donors (Lipinski definition) is 3. The predicted molar refractivity (Wildman–Crippen MR) is 91.1 cm³/mol. The van der Waals surface area contributed by atoms with Gasteiger partial charge in [0.2, 0.25) is 5.95 Å². The quantitative estimate of drug-likeness (QED) is 0.635. The first kappa shape index (κ1) is 16.3. The highest BCUT2D eigenvalue weighted by atomic mass is 19.1. The lowest BCUT2D eigenvalue weighted by Gasteiger charge is -2.11. The maximum atomic E-state index is 13.8. The summed E-state index contributed by atoms with van der Waals surface area (Å²) >= 11 is 0. The van der Waals surface area contributed by atoms with Gasteiger partial charge in [0.15, 0.2) is 0 Å². The average molecular weight is 339 g/mol. The van der Waals surface area contributed by atoms with Gasteiger partial charge in [-0.05, 0) is 24.3 Å². The molecule has 7 nitrogen and oxygen atoms in total. The van der Waals surface area contributed by atoms with Gasteiger partial charge >= 0.3 is 5.97 Å². The maximum Gasteiger partial charge on any atom is 0.322 e. The predicted octanol–water partition coefficient (Wildman–Crippen LogP) is 2.92. The Labute approximate surface area is 142 Å². The van der Waals surface area contributed by atoms with Gasteiger partial charge in [0.1, 0.15) is 18.2 Å². The first-order chi connectivity index (χ1) is 12.1. The molecule has 0 amide bonds. The first-order valence-corrected chi connectivity index (χ1v) is 7.39. The van der Waals surface area contributed by atoms with Gasteiger partial charge in [-0.3, -0.25) is 9.78 Å². The zero-order chi connectivity index (χ0) is 17.6. The summed E-state index contributed by atoms with van der Waals surface area (Å²) in [7, 11) is 0. The van der Waals surface area contributed by atoms with Gasteiger partial charge in [0.05, 0.1) is 17.1 Å². The summed E-state index contributed by atoms with van der Waals surface area (Å²) in [6, 6.07) is 13.1. The summed E-state index contributed by atoms with van der Waals surface area (Å²) in [5, 5.41) is 14.3. The number of rotatable bonds is 6. The zero-order valence-corrected chi connectivity index (χ0v) is 13.0. The lowest BCUT2D eigenvalue weighted by molar-refractivity contribution is -0.134.